The summed E-state index contributed by atoms with van der Waals surface area (Å²) < 4.78 is 10.1. The van der Waals surface area contributed by atoms with Gasteiger partial charge in [-0.15, -0.1) is 0 Å². The normalized spacial score (nSPS) is 22.1. The van der Waals surface area contributed by atoms with Gasteiger partial charge in [-0.05, 0) is 39.8 Å². The predicted molar refractivity (Wildman–Crippen MR) is 102 cm³/mol. The maximum atomic E-state index is 13.3. The standard InChI is InChI=1S/C20H34N2O5/c1-19(2,22-10-6-7-11-22)18(24)20(25,16-17(23)26-3)8-4-5-9-21-12-14-27-15-13-21/h4-5,25H,6-16H2,1-3H3/b5-4+. The first-order chi connectivity index (χ1) is 12.8. The maximum Gasteiger partial charge on any atom is 0.308 e. The van der Waals surface area contributed by atoms with Crippen molar-refractivity contribution in [1.29, 1.82) is 0 Å². The monoisotopic (exact) mass is 382 g/mol. The lowest BCUT2D eigenvalue weighted by molar-refractivity contribution is -0.158. The van der Waals surface area contributed by atoms with Crippen LogP contribution in [0.5, 0.6) is 0 Å². The van der Waals surface area contributed by atoms with Gasteiger partial charge in [-0.25, -0.2) is 0 Å². The van der Waals surface area contributed by atoms with Gasteiger partial charge in [0.05, 0.1) is 32.3 Å². The summed E-state index contributed by atoms with van der Waals surface area (Å²) in [4.78, 5) is 29.5. The molecule has 0 radical (unpaired) electrons. The Morgan fingerprint density at radius 3 is 2.33 bits per heavy atom. The zero-order valence-corrected chi connectivity index (χ0v) is 16.9. The number of rotatable bonds is 9. The molecule has 2 aliphatic rings. The molecule has 1 unspecified atom stereocenters. The number of Topliss-reactive ketones (excluding diaryl/α,β-unsaturated/α-hetero) is 1. The van der Waals surface area contributed by atoms with Gasteiger partial charge in [0.15, 0.2) is 5.78 Å². The third-order valence-electron chi connectivity index (χ3n) is 5.63. The highest BCUT2D eigenvalue weighted by atomic mass is 16.5. The topological polar surface area (TPSA) is 79.3 Å². The summed E-state index contributed by atoms with van der Waals surface area (Å²) in [6.45, 7) is 9.27. The highest BCUT2D eigenvalue weighted by Crippen LogP contribution is 2.30. The molecule has 154 valence electrons. The number of hydrogen-bond donors (Lipinski definition) is 1. The number of nitrogens with zero attached hydrogens (tertiary/aromatic N) is 2. The molecule has 1 atom stereocenters. The fourth-order valence-corrected chi connectivity index (χ4v) is 3.83. The highest BCUT2D eigenvalue weighted by molar-refractivity contribution is 5.97. The average Bonchev–Trinajstić information content (AvgIpc) is 3.21. The number of methoxy groups -OCH3 is 1. The predicted octanol–water partition coefficient (Wildman–Crippen LogP) is 1.00. The van der Waals surface area contributed by atoms with E-state index in [0.29, 0.717) is 0 Å². The van der Waals surface area contributed by atoms with Crippen molar-refractivity contribution in [3.05, 3.63) is 12.2 Å². The van der Waals surface area contributed by atoms with E-state index >= 15 is 0 Å². The molecular weight excluding hydrogens is 348 g/mol. The van der Waals surface area contributed by atoms with Gasteiger partial charge in [0.25, 0.3) is 0 Å². The van der Waals surface area contributed by atoms with Gasteiger partial charge in [-0.2, -0.15) is 0 Å². The van der Waals surface area contributed by atoms with Crippen LogP contribution in [0.2, 0.25) is 0 Å². The molecule has 0 aromatic carbocycles. The molecule has 7 heteroatoms. The molecule has 0 amide bonds. The number of aliphatic hydroxyl groups is 1. The minimum atomic E-state index is -1.76. The SMILES string of the molecule is COC(=O)CC(O)(C/C=C/CN1CCOCC1)C(=O)C(C)(C)N1CCCC1. The van der Waals surface area contributed by atoms with Crippen LogP contribution in [-0.4, -0.2) is 90.8 Å². The van der Waals surface area contributed by atoms with E-state index in [1.165, 1.54) is 7.11 Å². The number of ketones is 1. The number of carbonyl (C=O) groups is 2. The lowest BCUT2D eigenvalue weighted by atomic mass is 9.80. The summed E-state index contributed by atoms with van der Waals surface area (Å²) in [5, 5.41) is 11.2. The molecule has 27 heavy (non-hydrogen) atoms. The van der Waals surface area contributed by atoms with Crippen molar-refractivity contribution in [3.63, 3.8) is 0 Å². The number of carbonyl (C=O) groups excluding carboxylic acids is 2. The van der Waals surface area contributed by atoms with Crippen molar-refractivity contribution < 1.29 is 24.2 Å². The van der Waals surface area contributed by atoms with Crippen LogP contribution < -0.4 is 0 Å². The number of hydrogen-bond acceptors (Lipinski definition) is 7. The lowest BCUT2D eigenvalue weighted by Crippen LogP contribution is -2.58. The third kappa shape index (κ3) is 5.85. The molecule has 2 heterocycles. The number of ether oxygens (including phenoxy) is 2. The Morgan fingerprint density at radius 1 is 1.11 bits per heavy atom. The molecule has 2 aliphatic heterocycles. The molecule has 2 fully saturated rings. The van der Waals surface area contributed by atoms with Crippen molar-refractivity contribution in [2.45, 2.75) is 50.7 Å². The molecule has 0 saturated carbocycles. The Kier molecular flexibility index (Phi) is 7.97. The largest absolute Gasteiger partial charge is 0.469 e. The molecule has 0 aliphatic carbocycles. The lowest BCUT2D eigenvalue weighted by Gasteiger charge is -2.39. The molecule has 7 nitrogen and oxygen atoms in total. The Hall–Kier alpha value is -1.28. The summed E-state index contributed by atoms with van der Waals surface area (Å²) in [6.07, 6.45) is 5.61. The minimum absolute atomic E-state index is 0.0997. The van der Waals surface area contributed by atoms with Crippen molar-refractivity contribution >= 4 is 11.8 Å². The fraction of sp³-hybridized carbons (Fsp3) is 0.800. The molecule has 2 rings (SSSR count). The van der Waals surface area contributed by atoms with E-state index in [1.54, 1.807) is 6.08 Å². The Balaban J connectivity index is 2.05. The quantitative estimate of drug-likeness (QED) is 0.471. The van der Waals surface area contributed by atoms with Crippen LogP contribution in [0.15, 0.2) is 12.2 Å². The molecule has 0 aromatic rings. The molecule has 0 spiro atoms. The van der Waals surface area contributed by atoms with Gasteiger partial charge in [0.2, 0.25) is 0 Å². The van der Waals surface area contributed by atoms with Crippen LogP contribution in [0, 0.1) is 0 Å². The average molecular weight is 383 g/mol. The first kappa shape index (κ1) is 22.0. The number of esters is 1. The molecule has 2 saturated heterocycles. The zero-order chi connectivity index (χ0) is 19.9. The summed E-state index contributed by atoms with van der Waals surface area (Å²) in [5.74, 6) is -0.900. The Morgan fingerprint density at radius 2 is 1.74 bits per heavy atom. The number of morpholine rings is 1. The fourth-order valence-electron chi connectivity index (χ4n) is 3.83. The van der Waals surface area contributed by atoms with Crippen LogP contribution in [-0.2, 0) is 19.1 Å². The third-order valence-corrected chi connectivity index (χ3v) is 5.63. The van der Waals surface area contributed by atoms with Crippen LogP contribution in [0.1, 0.15) is 39.5 Å². The second kappa shape index (κ2) is 9.78. The van der Waals surface area contributed by atoms with Gasteiger partial charge in [-0.3, -0.25) is 19.4 Å². The summed E-state index contributed by atoms with van der Waals surface area (Å²) >= 11 is 0. The van der Waals surface area contributed by atoms with Crippen molar-refractivity contribution in [2.75, 3.05) is 53.0 Å². The first-order valence-electron chi connectivity index (χ1n) is 9.84. The van der Waals surface area contributed by atoms with E-state index in [0.717, 1.165) is 58.8 Å². The molecule has 0 aromatic heterocycles. The van der Waals surface area contributed by atoms with E-state index in [4.69, 9.17) is 9.47 Å². The molecular formula is C20H34N2O5. The van der Waals surface area contributed by atoms with E-state index in [1.807, 2.05) is 19.9 Å². The van der Waals surface area contributed by atoms with E-state index in [2.05, 4.69) is 9.80 Å². The Bertz CT molecular complexity index is 536. The van der Waals surface area contributed by atoms with Gasteiger partial charge in [0.1, 0.15) is 5.60 Å². The van der Waals surface area contributed by atoms with Gasteiger partial charge in [0, 0.05) is 26.1 Å². The van der Waals surface area contributed by atoms with Gasteiger partial charge < -0.3 is 14.6 Å². The van der Waals surface area contributed by atoms with E-state index in [9.17, 15) is 14.7 Å². The molecule has 0 bridgehead atoms. The van der Waals surface area contributed by atoms with Crippen molar-refractivity contribution in [2.24, 2.45) is 0 Å². The first-order valence-corrected chi connectivity index (χ1v) is 9.84. The van der Waals surface area contributed by atoms with Gasteiger partial charge in [-0.1, -0.05) is 12.2 Å². The van der Waals surface area contributed by atoms with Gasteiger partial charge >= 0.3 is 5.97 Å². The van der Waals surface area contributed by atoms with Crippen LogP contribution in [0.25, 0.3) is 0 Å². The summed E-state index contributed by atoms with van der Waals surface area (Å²) in [6, 6.07) is 0. The molecule has 1 N–H and O–H groups in total. The van der Waals surface area contributed by atoms with Crippen LogP contribution >= 0.6 is 0 Å². The smallest absolute Gasteiger partial charge is 0.308 e. The Labute approximate surface area is 162 Å². The van der Waals surface area contributed by atoms with Crippen molar-refractivity contribution in [1.82, 2.24) is 9.80 Å². The van der Waals surface area contributed by atoms with Crippen molar-refractivity contribution in [3.8, 4) is 0 Å². The number of likely N-dealkylation sites (tertiary alicyclic amines) is 1. The second-order valence-electron chi connectivity index (χ2n) is 7.96. The van der Waals surface area contributed by atoms with Crippen LogP contribution in [0.3, 0.4) is 0 Å². The second-order valence-corrected chi connectivity index (χ2v) is 7.96. The van der Waals surface area contributed by atoms with E-state index < -0.39 is 17.1 Å². The summed E-state index contributed by atoms with van der Waals surface area (Å²) in [7, 11) is 1.27. The summed E-state index contributed by atoms with van der Waals surface area (Å²) in [5.41, 5.74) is -2.59. The van der Waals surface area contributed by atoms with E-state index in [-0.39, 0.29) is 18.6 Å². The van der Waals surface area contributed by atoms with Crippen LogP contribution in [0.4, 0.5) is 0 Å². The zero-order valence-electron chi connectivity index (χ0n) is 16.9. The maximum absolute atomic E-state index is 13.3. The highest BCUT2D eigenvalue weighted by Gasteiger charge is 2.48. The minimum Gasteiger partial charge on any atom is -0.469 e.